The monoisotopic (exact) mass is 342 g/mol. The molecule has 0 saturated carbocycles. The van der Waals surface area contributed by atoms with Crippen molar-refractivity contribution in [1.29, 1.82) is 0 Å². The molecule has 0 aromatic heterocycles. The Kier molecular flexibility index (Phi) is 5.80. The van der Waals surface area contributed by atoms with Crippen LogP contribution >= 0.6 is 0 Å². The molecule has 2 rings (SSSR count). The number of Topliss-reactive ketones (excluding diaryl/α,β-unsaturated/α-hetero) is 1. The molecule has 0 unspecified atom stereocenters. The molecule has 2 aromatic rings. The molecule has 2 aromatic carbocycles. The third-order valence-electron chi connectivity index (χ3n) is 3.90. The van der Waals surface area contributed by atoms with Crippen molar-refractivity contribution in [1.82, 2.24) is 0 Å². The molecule has 0 N–H and O–H groups in total. The summed E-state index contributed by atoms with van der Waals surface area (Å²) < 4.78 is 16.1. The number of esters is 1. The summed E-state index contributed by atoms with van der Waals surface area (Å²) in [4.78, 5) is 23.5. The molecular formula is C20H22O5. The van der Waals surface area contributed by atoms with E-state index in [1.54, 1.807) is 18.2 Å². The third-order valence-corrected chi connectivity index (χ3v) is 3.90. The van der Waals surface area contributed by atoms with Gasteiger partial charge in [0.15, 0.2) is 23.9 Å². The minimum atomic E-state index is -0.509. The first-order valence-corrected chi connectivity index (χ1v) is 7.92. The number of benzene rings is 2. The fourth-order valence-corrected chi connectivity index (χ4v) is 2.40. The predicted octanol–water partition coefficient (Wildman–Crippen LogP) is 3.81. The van der Waals surface area contributed by atoms with E-state index in [0.29, 0.717) is 22.8 Å². The molecule has 0 fully saturated rings. The van der Waals surface area contributed by atoms with Crippen LogP contribution in [0.2, 0.25) is 0 Å². The summed E-state index contributed by atoms with van der Waals surface area (Å²) in [6.07, 6.45) is 0. The van der Waals surface area contributed by atoms with Crippen molar-refractivity contribution in [2.24, 2.45) is 0 Å². The number of rotatable bonds is 6. The van der Waals surface area contributed by atoms with Crippen LogP contribution in [0.15, 0.2) is 30.3 Å². The highest BCUT2D eigenvalue weighted by Gasteiger charge is 2.13. The zero-order chi connectivity index (χ0) is 18.6. The zero-order valence-electron chi connectivity index (χ0n) is 15.1. The van der Waals surface area contributed by atoms with Gasteiger partial charge in [0.2, 0.25) is 0 Å². The van der Waals surface area contributed by atoms with Crippen molar-refractivity contribution < 1.29 is 23.8 Å². The molecule has 0 atom stereocenters. The van der Waals surface area contributed by atoms with Gasteiger partial charge in [-0.1, -0.05) is 6.07 Å². The van der Waals surface area contributed by atoms with Crippen LogP contribution in [-0.4, -0.2) is 25.5 Å². The molecule has 132 valence electrons. The fourth-order valence-electron chi connectivity index (χ4n) is 2.40. The maximum atomic E-state index is 12.1. The van der Waals surface area contributed by atoms with E-state index in [4.69, 9.17) is 14.2 Å². The van der Waals surface area contributed by atoms with E-state index in [2.05, 4.69) is 0 Å². The van der Waals surface area contributed by atoms with Crippen LogP contribution in [0, 0.1) is 20.8 Å². The molecule has 0 aliphatic rings. The SMILES string of the molecule is COc1cc(C(C)=O)ccc1OCC(=O)Oc1cc(C)cc(C)c1C. The largest absolute Gasteiger partial charge is 0.493 e. The average molecular weight is 342 g/mol. The summed E-state index contributed by atoms with van der Waals surface area (Å²) in [5, 5.41) is 0. The van der Waals surface area contributed by atoms with Crippen molar-refractivity contribution in [2.75, 3.05) is 13.7 Å². The van der Waals surface area contributed by atoms with Crippen molar-refractivity contribution in [2.45, 2.75) is 27.7 Å². The Bertz CT molecular complexity index is 808. The van der Waals surface area contributed by atoms with Gasteiger partial charge in [0.1, 0.15) is 5.75 Å². The van der Waals surface area contributed by atoms with Crippen molar-refractivity contribution in [3.8, 4) is 17.2 Å². The highest BCUT2D eigenvalue weighted by Crippen LogP contribution is 2.28. The van der Waals surface area contributed by atoms with Gasteiger partial charge in [-0.05, 0) is 68.7 Å². The maximum Gasteiger partial charge on any atom is 0.349 e. The van der Waals surface area contributed by atoms with Gasteiger partial charge >= 0.3 is 5.97 Å². The van der Waals surface area contributed by atoms with Gasteiger partial charge in [-0.25, -0.2) is 4.79 Å². The predicted molar refractivity (Wildman–Crippen MR) is 94.8 cm³/mol. The fraction of sp³-hybridized carbons (Fsp3) is 0.300. The number of hydrogen-bond acceptors (Lipinski definition) is 5. The Labute approximate surface area is 147 Å². The molecular weight excluding hydrogens is 320 g/mol. The molecule has 5 nitrogen and oxygen atoms in total. The number of methoxy groups -OCH3 is 1. The lowest BCUT2D eigenvalue weighted by Gasteiger charge is -2.13. The van der Waals surface area contributed by atoms with Crippen LogP contribution in [0.25, 0.3) is 0 Å². The molecule has 0 radical (unpaired) electrons. The van der Waals surface area contributed by atoms with E-state index in [1.165, 1.54) is 14.0 Å². The highest BCUT2D eigenvalue weighted by atomic mass is 16.6. The Morgan fingerprint density at radius 2 is 1.68 bits per heavy atom. The van der Waals surface area contributed by atoms with Gasteiger partial charge in [-0.3, -0.25) is 4.79 Å². The lowest BCUT2D eigenvalue weighted by Crippen LogP contribution is -2.18. The summed E-state index contributed by atoms with van der Waals surface area (Å²) in [6, 6.07) is 8.66. The van der Waals surface area contributed by atoms with Gasteiger partial charge in [-0.2, -0.15) is 0 Å². The second kappa shape index (κ2) is 7.83. The van der Waals surface area contributed by atoms with Gasteiger partial charge in [-0.15, -0.1) is 0 Å². The number of ketones is 1. The van der Waals surface area contributed by atoms with Crippen LogP contribution in [0.3, 0.4) is 0 Å². The molecule has 25 heavy (non-hydrogen) atoms. The standard InChI is InChI=1S/C20H22O5/c1-12-8-13(2)14(3)18(9-12)25-20(22)11-24-17-7-6-16(15(4)21)10-19(17)23-5/h6-10H,11H2,1-5H3. The first-order chi connectivity index (χ1) is 11.8. The van der Waals surface area contributed by atoms with Crippen LogP contribution in [0.5, 0.6) is 17.2 Å². The van der Waals surface area contributed by atoms with Gasteiger partial charge in [0, 0.05) is 5.56 Å². The molecule has 0 spiro atoms. The number of aryl methyl sites for hydroxylation is 2. The topological polar surface area (TPSA) is 61.8 Å². The first-order valence-electron chi connectivity index (χ1n) is 7.92. The van der Waals surface area contributed by atoms with E-state index in [0.717, 1.165) is 16.7 Å². The first kappa shape index (κ1) is 18.5. The minimum absolute atomic E-state index is 0.0745. The Hall–Kier alpha value is -2.82. The summed E-state index contributed by atoms with van der Waals surface area (Å²) >= 11 is 0. The molecule has 0 saturated heterocycles. The number of carbonyl (C=O) groups excluding carboxylic acids is 2. The summed E-state index contributed by atoms with van der Waals surface area (Å²) in [5.41, 5.74) is 3.51. The summed E-state index contributed by atoms with van der Waals surface area (Å²) in [7, 11) is 1.48. The van der Waals surface area contributed by atoms with E-state index in [1.807, 2.05) is 32.9 Å². The number of hydrogen-bond donors (Lipinski definition) is 0. The molecule has 0 aliphatic carbocycles. The third kappa shape index (κ3) is 4.59. The zero-order valence-corrected chi connectivity index (χ0v) is 15.1. The Morgan fingerprint density at radius 1 is 0.960 bits per heavy atom. The van der Waals surface area contributed by atoms with Crippen LogP contribution in [-0.2, 0) is 4.79 Å². The van der Waals surface area contributed by atoms with Crippen molar-refractivity contribution in [3.05, 3.63) is 52.6 Å². The summed E-state index contributed by atoms with van der Waals surface area (Å²) in [6.45, 7) is 7.03. The summed E-state index contributed by atoms with van der Waals surface area (Å²) in [5.74, 6) is 0.718. The lowest BCUT2D eigenvalue weighted by molar-refractivity contribution is -0.136. The second-order valence-corrected chi connectivity index (χ2v) is 5.89. The lowest BCUT2D eigenvalue weighted by atomic mass is 10.1. The van der Waals surface area contributed by atoms with Crippen LogP contribution in [0.4, 0.5) is 0 Å². The van der Waals surface area contributed by atoms with E-state index in [-0.39, 0.29) is 12.4 Å². The maximum absolute atomic E-state index is 12.1. The van der Waals surface area contributed by atoms with Gasteiger partial charge < -0.3 is 14.2 Å². The molecule has 0 amide bonds. The van der Waals surface area contributed by atoms with Crippen LogP contribution in [0.1, 0.15) is 34.0 Å². The molecule has 0 aliphatic heterocycles. The number of carbonyl (C=O) groups is 2. The Balaban J connectivity index is 2.07. The Morgan fingerprint density at radius 3 is 2.32 bits per heavy atom. The quantitative estimate of drug-likeness (QED) is 0.454. The smallest absolute Gasteiger partial charge is 0.349 e. The molecule has 0 heterocycles. The van der Waals surface area contributed by atoms with Gasteiger partial charge in [0.25, 0.3) is 0 Å². The van der Waals surface area contributed by atoms with Crippen LogP contribution < -0.4 is 14.2 Å². The van der Waals surface area contributed by atoms with E-state index in [9.17, 15) is 9.59 Å². The van der Waals surface area contributed by atoms with E-state index >= 15 is 0 Å². The minimum Gasteiger partial charge on any atom is -0.493 e. The van der Waals surface area contributed by atoms with Gasteiger partial charge in [0.05, 0.1) is 7.11 Å². The average Bonchev–Trinajstić information content (AvgIpc) is 2.57. The highest BCUT2D eigenvalue weighted by molar-refractivity contribution is 5.94. The molecule has 0 bridgehead atoms. The van der Waals surface area contributed by atoms with E-state index < -0.39 is 5.97 Å². The normalized spacial score (nSPS) is 10.3. The van der Waals surface area contributed by atoms with Crippen molar-refractivity contribution in [3.63, 3.8) is 0 Å². The second-order valence-electron chi connectivity index (χ2n) is 5.89. The number of ether oxygens (including phenoxy) is 3. The van der Waals surface area contributed by atoms with Crippen molar-refractivity contribution >= 4 is 11.8 Å². The molecule has 5 heteroatoms.